The molecule has 0 unspecified atom stereocenters. The molecule has 178 valence electrons. The molecule has 0 aliphatic carbocycles. The van der Waals surface area contributed by atoms with E-state index in [1.54, 1.807) is 43.3 Å². The fraction of sp³-hybridized carbons (Fsp3) is 0.423. The maximum absolute atomic E-state index is 12.0. The second-order valence-corrected chi connectivity index (χ2v) is 7.53. The lowest BCUT2D eigenvalue weighted by Crippen LogP contribution is -2.24. The first kappa shape index (κ1) is 25.9. The highest BCUT2D eigenvalue weighted by Crippen LogP contribution is 2.18. The first-order valence-corrected chi connectivity index (χ1v) is 11.6. The first-order chi connectivity index (χ1) is 16.1. The van der Waals surface area contributed by atoms with E-state index in [1.165, 1.54) is 38.3 Å². The van der Waals surface area contributed by atoms with E-state index in [0.717, 1.165) is 12.2 Å². The molecule has 7 nitrogen and oxygen atoms in total. The molecule has 1 N–H and O–H groups in total. The van der Waals surface area contributed by atoms with E-state index >= 15 is 0 Å². The van der Waals surface area contributed by atoms with Crippen molar-refractivity contribution in [2.75, 3.05) is 13.2 Å². The van der Waals surface area contributed by atoms with Crippen molar-refractivity contribution in [3.05, 3.63) is 54.1 Å². The summed E-state index contributed by atoms with van der Waals surface area (Å²) in [5, 5.41) is 3.91. The van der Waals surface area contributed by atoms with Gasteiger partial charge in [0.25, 0.3) is 5.91 Å². The van der Waals surface area contributed by atoms with Gasteiger partial charge < -0.3 is 14.2 Å². The van der Waals surface area contributed by atoms with Crippen LogP contribution in [0.5, 0.6) is 17.2 Å². The van der Waals surface area contributed by atoms with Crippen LogP contribution in [0.2, 0.25) is 0 Å². The molecule has 0 saturated heterocycles. The zero-order valence-electron chi connectivity index (χ0n) is 19.5. The van der Waals surface area contributed by atoms with Crippen LogP contribution in [0.1, 0.15) is 64.4 Å². The third kappa shape index (κ3) is 10.7. The van der Waals surface area contributed by atoms with Gasteiger partial charge in [0.05, 0.1) is 12.8 Å². The number of hydrogen-bond donors (Lipinski definition) is 1. The quantitative estimate of drug-likeness (QED) is 0.130. The SMILES string of the molecule is CCCCCCCCOc1ccc(OCC(=O)NN=Cc2ccccc2OC(=O)CC)cc1. The predicted octanol–water partition coefficient (Wildman–Crippen LogP) is 5.27. The van der Waals surface area contributed by atoms with Crippen molar-refractivity contribution >= 4 is 18.1 Å². The van der Waals surface area contributed by atoms with Gasteiger partial charge in [0.2, 0.25) is 0 Å². The molecular weight excluding hydrogens is 420 g/mol. The first-order valence-electron chi connectivity index (χ1n) is 11.6. The van der Waals surface area contributed by atoms with Crippen LogP contribution in [0.15, 0.2) is 53.6 Å². The second-order valence-electron chi connectivity index (χ2n) is 7.53. The van der Waals surface area contributed by atoms with Gasteiger partial charge >= 0.3 is 5.97 Å². The molecule has 0 atom stereocenters. The van der Waals surface area contributed by atoms with Gasteiger partial charge in [0.15, 0.2) is 6.61 Å². The molecule has 0 radical (unpaired) electrons. The molecule has 2 rings (SSSR count). The molecule has 1 amide bonds. The Morgan fingerprint density at radius 2 is 1.55 bits per heavy atom. The molecule has 33 heavy (non-hydrogen) atoms. The number of unbranched alkanes of at least 4 members (excludes halogenated alkanes) is 5. The fourth-order valence-electron chi connectivity index (χ4n) is 2.93. The maximum atomic E-state index is 12.0. The van der Waals surface area contributed by atoms with E-state index < -0.39 is 5.91 Å². The van der Waals surface area contributed by atoms with Gasteiger partial charge in [-0.25, -0.2) is 5.43 Å². The maximum Gasteiger partial charge on any atom is 0.310 e. The summed E-state index contributed by atoms with van der Waals surface area (Å²) in [4.78, 5) is 23.5. The molecule has 0 spiro atoms. The number of nitrogens with one attached hydrogen (secondary N) is 1. The Kier molecular flexibility index (Phi) is 12.1. The molecular formula is C26H34N2O5. The Morgan fingerprint density at radius 1 is 0.879 bits per heavy atom. The number of rotatable bonds is 15. The number of carbonyl (C=O) groups is 2. The lowest BCUT2D eigenvalue weighted by Gasteiger charge is -2.08. The average molecular weight is 455 g/mol. The highest BCUT2D eigenvalue weighted by Gasteiger charge is 2.06. The Bertz CT molecular complexity index is 881. The van der Waals surface area contributed by atoms with E-state index in [9.17, 15) is 9.59 Å². The van der Waals surface area contributed by atoms with E-state index in [1.807, 2.05) is 12.1 Å². The summed E-state index contributed by atoms with van der Waals surface area (Å²) in [5.74, 6) is 0.993. The molecule has 0 saturated carbocycles. The fourth-order valence-corrected chi connectivity index (χ4v) is 2.93. The Morgan fingerprint density at radius 3 is 2.27 bits per heavy atom. The zero-order valence-corrected chi connectivity index (χ0v) is 19.5. The normalized spacial score (nSPS) is 10.7. The number of carbonyl (C=O) groups excluding carboxylic acids is 2. The predicted molar refractivity (Wildman–Crippen MR) is 129 cm³/mol. The lowest BCUT2D eigenvalue weighted by molar-refractivity contribution is -0.134. The van der Waals surface area contributed by atoms with Crippen LogP contribution in [0.3, 0.4) is 0 Å². The topological polar surface area (TPSA) is 86.2 Å². The van der Waals surface area contributed by atoms with Crippen LogP contribution >= 0.6 is 0 Å². The number of nitrogens with zero attached hydrogens (tertiary/aromatic N) is 1. The van der Waals surface area contributed by atoms with Crippen molar-refractivity contribution in [3.8, 4) is 17.2 Å². The van der Waals surface area contributed by atoms with Crippen molar-refractivity contribution in [2.24, 2.45) is 5.10 Å². The lowest BCUT2D eigenvalue weighted by atomic mass is 10.1. The number of esters is 1. The van der Waals surface area contributed by atoms with E-state index in [-0.39, 0.29) is 19.0 Å². The smallest absolute Gasteiger partial charge is 0.310 e. The van der Waals surface area contributed by atoms with Crippen LogP contribution < -0.4 is 19.6 Å². The Labute approximate surface area is 196 Å². The van der Waals surface area contributed by atoms with Crippen molar-refractivity contribution in [2.45, 2.75) is 58.8 Å². The van der Waals surface area contributed by atoms with Gasteiger partial charge in [0, 0.05) is 12.0 Å². The van der Waals surface area contributed by atoms with Crippen molar-refractivity contribution in [1.82, 2.24) is 5.43 Å². The number of para-hydroxylation sites is 1. The summed E-state index contributed by atoms with van der Waals surface area (Å²) in [5.41, 5.74) is 2.98. The molecule has 2 aromatic carbocycles. The van der Waals surface area contributed by atoms with E-state index in [2.05, 4.69) is 17.5 Å². The van der Waals surface area contributed by atoms with Gasteiger partial charge in [0.1, 0.15) is 17.2 Å². The summed E-state index contributed by atoms with van der Waals surface area (Å²) < 4.78 is 16.5. The zero-order chi connectivity index (χ0) is 23.7. The van der Waals surface area contributed by atoms with Gasteiger partial charge in [-0.05, 0) is 42.8 Å². The second kappa shape index (κ2) is 15.5. The highest BCUT2D eigenvalue weighted by atomic mass is 16.5. The van der Waals surface area contributed by atoms with Crippen molar-refractivity contribution < 1.29 is 23.8 Å². The van der Waals surface area contributed by atoms with Gasteiger partial charge in [-0.15, -0.1) is 0 Å². The minimum Gasteiger partial charge on any atom is -0.494 e. The van der Waals surface area contributed by atoms with Crippen LogP contribution in [-0.4, -0.2) is 31.3 Å². The number of benzene rings is 2. The van der Waals surface area contributed by atoms with Gasteiger partial charge in [-0.2, -0.15) is 5.10 Å². The van der Waals surface area contributed by atoms with E-state index in [4.69, 9.17) is 14.2 Å². The summed E-state index contributed by atoms with van der Waals surface area (Å²) in [6.45, 7) is 4.46. The van der Waals surface area contributed by atoms with Crippen molar-refractivity contribution in [1.29, 1.82) is 0 Å². The standard InChI is InChI=1S/C26H34N2O5/c1-3-5-6-7-8-11-18-31-22-14-16-23(17-15-22)32-20-25(29)28-27-19-21-12-9-10-13-24(21)33-26(30)4-2/h9-10,12-17,19H,3-8,11,18,20H2,1-2H3,(H,28,29). The third-order valence-electron chi connectivity index (χ3n) is 4.78. The van der Waals surface area contributed by atoms with Crippen LogP contribution in [0.4, 0.5) is 0 Å². The average Bonchev–Trinajstić information content (AvgIpc) is 2.84. The highest BCUT2D eigenvalue weighted by molar-refractivity contribution is 5.87. The molecule has 0 aliphatic rings. The molecule has 0 bridgehead atoms. The third-order valence-corrected chi connectivity index (χ3v) is 4.78. The summed E-state index contributed by atoms with van der Waals surface area (Å²) in [6, 6.07) is 14.1. The van der Waals surface area contributed by atoms with E-state index in [0.29, 0.717) is 23.7 Å². The van der Waals surface area contributed by atoms with Crippen LogP contribution in [0, 0.1) is 0 Å². The molecule has 0 heterocycles. The number of amides is 1. The van der Waals surface area contributed by atoms with Gasteiger partial charge in [-0.3, -0.25) is 9.59 Å². The van der Waals surface area contributed by atoms with Crippen LogP contribution in [0.25, 0.3) is 0 Å². The molecule has 0 aromatic heterocycles. The summed E-state index contributed by atoms with van der Waals surface area (Å²) >= 11 is 0. The van der Waals surface area contributed by atoms with Crippen LogP contribution in [-0.2, 0) is 9.59 Å². The molecule has 0 fully saturated rings. The molecule has 0 aliphatic heterocycles. The Hall–Kier alpha value is -3.35. The number of ether oxygens (including phenoxy) is 3. The monoisotopic (exact) mass is 454 g/mol. The van der Waals surface area contributed by atoms with Crippen molar-refractivity contribution in [3.63, 3.8) is 0 Å². The number of hydrogen-bond acceptors (Lipinski definition) is 6. The molecule has 2 aromatic rings. The summed E-state index contributed by atoms with van der Waals surface area (Å²) in [6.07, 6.45) is 9.04. The minimum absolute atomic E-state index is 0.179. The Balaban J connectivity index is 1.69. The number of hydrazone groups is 1. The van der Waals surface area contributed by atoms with Gasteiger partial charge in [-0.1, -0.05) is 58.1 Å². The molecule has 7 heteroatoms. The minimum atomic E-state index is -0.405. The summed E-state index contributed by atoms with van der Waals surface area (Å²) in [7, 11) is 0. The largest absolute Gasteiger partial charge is 0.494 e.